The lowest BCUT2D eigenvalue weighted by Gasteiger charge is -2.10. The van der Waals surface area contributed by atoms with E-state index < -0.39 is 0 Å². The van der Waals surface area contributed by atoms with E-state index in [0.717, 1.165) is 22.5 Å². The first kappa shape index (κ1) is 12.7. The number of pyridine rings is 1. The normalized spacial score (nSPS) is 10.7. The number of anilines is 1. The summed E-state index contributed by atoms with van der Waals surface area (Å²) in [6.45, 7) is 0. The summed E-state index contributed by atoms with van der Waals surface area (Å²) in [6, 6.07) is 11.3. The zero-order chi connectivity index (χ0) is 14.1. The van der Waals surface area contributed by atoms with E-state index in [0.29, 0.717) is 10.7 Å². The van der Waals surface area contributed by atoms with Crippen LogP contribution in [0.1, 0.15) is 0 Å². The van der Waals surface area contributed by atoms with Crippen molar-refractivity contribution in [2.45, 2.75) is 0 Å². The van der Waals surface area contributed by atoms with E-state index in [9.17, 15) is 0 Å². The molecular formula is C15H13ClN4. The van der Waals surface area contributed by atoms with Gasteiger partial charge in [0.15, 0.2) is 0 Å². The zero-order valence-corrected chi connectivity index (χ0v) is 11.7. The summed E-state index contributed by atoms with van der Waals surface area (Å²) < 4.78 is 1.76. The second kappa shape index (κ2) is 4.98. The summed E-state index contributed by atoms with van der Waals surface area (Å²) in [7, 11) is 1.87. The maximum absolute atomic E-state index is 6.39. The number of hydrogen-bond donors (Lipinski definition) is 1. The third-order valence-electron chi connectivity index (χ3n) is 3.18. The Labute approximate surface area is 121 Å². The molecule has 0 bridgehead atoms. The number of nitrogens with zero attached hydrogens (tertiary/aromatic N) is 3. The molecule has 1 aromatic carbocycles. The van der Waals surface area contributed by atoms with E-state index in [1.807, 2.05) is 43.4 Å². The second-order valence-electron chi connectivity index (χ2n) is 4.47. The smallest absolute Gasteiger partial charge is 0.0723 e. The molecule has 5 heteroatoms. The van der Waals surface area contributed by atoms with E-state index in [4.69, 9.17) is 17.3 Å². The number of hydrogen-bond acceptors (Lipinski definition) is 3. The van der Waals surface area contributed by atoms with Crippen LogP contribution < -0.4 is 5.73 Å². The second-order valence-corrected chi connectivity index (χ2v) is 4.88. The molecule has 0 spiro atoms. The third kappa shape index (κ3) is 2.14. The fourth-order valence-corrected chi connectivity index (χ4v) is 2.43. The Morgan fingerprint density at radius 1 is 1.10 bits per heavy atom. The van der Waals surface area contributed by atoms with Crippen LogP contribution in [0.25, 0.3) is 22.5 Å². The topological polar surface area (TPSA) is 56.7 Å². The molecule has 0 unspecified atom stereocenters. The fraction of sp³-hybridized carbons (Fsp3) is 0.0667. The molecule has 0 aliphatic heterocycles. The lowest BCUT2D eigenvalue weighted by molar-refractivity contribution is 0.776. The van der Waals surface area contributed by atoms with Crippen molar-refractivity contribution in [2.75, 3.05) is 5.73 Å². The van der Waals surface area contributed by atoms with Crippen LogP contribution in [-0.2, 0) is 7.05 Å². The first-order valence-electron chi connectivity index (χ1n) is 6.15. The monoisotopic (exact) mass is 284 g/mol. The van der Waals surface area contributed by atoms with Gasteiger partial charge >= 0.3 is 0 Å². The van der Waals surface area contributed by atoms with E-state index in [-0.39, 0.29) is 0 Å². The van der Waals surface area contributed by atoms with Crippen molar-refractivity contribution < 1.29 is 0 Å². The number of benzene rings is 1. The standard InChI is InChI=1S/C15H13ClN4/c1-20-15(5-7-19-20)10-9-13(17)11(8-12(10)16)14-4-2-3-6-18-14/h2-9H,17H2,1H3. The summed E-state index contributed by atoms with van der Waals surface area (Å²) in [4.78, 5) is 4.30. The Balaban J connectivity index is 2.15. The molecule has 3 rings (SSSR count). The largest absolute Gasteiger partial charge is 0.398 e. The SMILES string of the molecule is Cn1nccc1-c1cc(N)c(-c2ccccn2)cc1Cl. The minimum Gasteiger partial charge on any atom is -0.398 e. The maximum Gasteiger partial charge on any atom is 0.0723 e. The zero-order valence-electron chi connectivity index (χ0n) is 10.9. The van der Waals surface area contributed by atoms with E-state index in [1.54, 1.807) is 17.1 Å². The van der Waals surface area contributed by atoms with Gasteiger partial charge in [-0.1, -0.05) is 17.7 Å². The van der Waals surface area contributed by atoms with Crippen LogP contribution >= 0.6 is 11.6 Å². The van der Waals surface area contributed by atoms with Crippen molar-refractivity contribution in [3.8, 4) is 22.5 Å². The molecule has 0 saturated heterocycles. The molecule has 0 amide bonds. The van der Waals surface area contributed by atoms with Crippen LogP contribution in [-0.4, -0.2) is 14.8 Å². The van der Waals surface area contributed by atoms with Gasteiger partial charge in [-0.2, -0.15) is 5.10 Å². The van der Waals surface area contributed by atoms with Gasteiger partial charge in [-0.25, -0.2) is 0 Å². The fourth-order valence-electron chi connectivity index (χ4n) is 2.17. The van der Waals surface area contributed by atoms with Gasteiger partial charge in [0.05, 0.1) is 16.4 Å². The summed E-state index contributed by atoms with van der Waals surface area (Å²) in [5.74, 6) is 0. The molecule has 0 saturated carbocycles. The lowest BCUT2D eigenvalue weighted by atomic mass is 10.0. The molecule has 3 aromatic rings. The highest BCUT2D eigenvalue weighted by atomic mass is 35.5. The Hall–Kier alpha value is -2.33. The van der Waals surface area contributed by atoms with Gasteiger partial charge in [0.1, 0.15) is 0 Å². The van der Waals surface area contributed by atoms with Gasteiger partial charge in [-0.05, 0) is 30.3 Å². The summed E-state index contributed by atoms with van der Waals surface area (Å²) in [5, 5.41) is 4.78. The first-order chi connectivity index (χ1) is 9.66. The average Bonchev–Trinajstić information content (AvgIpc) is 2.88. The third-order valence-corrected chi connectivity index (χ3v) is 3.49. The van der Waals surface area contributed by atoms with Crippen LogP contribution in [0, 0.1) is 0 Å². The van der Waals surface area contributed by atoms with E-state index in [2.05, 4.69) is 10.1 Å². The number of aromatic nitrogens is 3. The molecule has 2 heterocycles. The molecule has 0 fully saturated rings. The number of halogens is 1. The van der Waals surface area contributed by atoms with Crippen molar-refractivity contribution in [3.05, 3.63) is 53.8 Å². The minimum atomic E-state index is 0.628. The van der Waals surface area contributed by atoms with Crippen molar-refractivity contribution in [2.24, 2.45) is 7.05 Å². The molecule has 100 valence electrons. The predicted octanol–water partition coefficient (Wildman–Crippen LogP) is 3.38. The summed E-state index contributed by atoms with van der Waals surface area (Å²) in [5.41, 5.74) is 10.2. The lowest BCUT2D eigenvalue weighted by Crippen LogP contribution is -1.97. The minimum absolute atomic E-state index is 0.628. The van der Waals surface area contributed by atoms with Crippen LogP contribution in [0.3, 0.4) is 0 Å². The van der Waals surface area contributed by atoms with Crippen LogP contribution in [0.15, 0.2) is 48.8 Å². The van der Waals surface area contributed by atoms with E-state index >= 15 is 0 Å². The van der Waals surface area contributed by atoms with E-state index in [1.165, 1.54) is 0 Å². The number of nitrogens with two attached hydrogens (primary N) is 1. The highest BCUT2D eigenvalue weighted by Gasteiger charge is 2.12. The van der Waals surface area contributed by atoms with Crippen molar-refractivity contribution in [1.29, 1.82) is 0 Å². The molecule has 2 aromatic heterocycles. The summed E-state index contributed by atoms with van der Waals surface area (Å²) >= 11 is 6.39. The molecule has 0 aliphatic carbocycles. The van der Waals surface area contributed by atoms with Crippen LogP contribution in [0.4, 0.5) is 5.69 Å². The number of aryl methyl sites for hydroxylation is 1. The number of rotatable bonds is 2. The van der Waals surface area contributed by atoms with Crippen molar-refractivity contribution >= 4 is 17.3 Å². The van der Waals surface area contributed by atoms with Crippen LogP contribution in [0.5, 0.6) is 0 Å². The molecule has 2 N–H and O–H groups in total. The Kier molecular flexibility index (Phi) is 3.16. The summed E-state index contributed by atoms with van der Waals surface area (Å²) in [6.07, 6.45) is 3.46. The van der Waals surface area contributed by atoms with Gasteiger partial charge in [0, 0.05) is 36.3 Å². The van der Waals surface area contributed by atoms with Gasteiger partial charge < -0.3 is 5.73 Å². The number of nitrogen functional groups attached to an aromatic ring is 1. The molecule has 0 atom stereocenters. The van der Waals surface area contributed by atoms with Gasteiger partial charge in [-0.15, -0.1) is 0 Å². The Morgan fingerprint density at radius 2 is 1.95 bits per heavy atom. The first-order valence-corrected chi connectivity index (χ1v) is 6.53. The van der Waals surface area contributed by atoms with Gasteiger partial charge in [0.2, 0.25) is 0 Å². The molecule has 4 nitrogen and oxygen atoms in total. The predicted molar refractivity (Wildman–Crippen MR) is 81.3 cm³/mol. The highest BCUT2D eigenvalue weighted by Crippen LogP contribution is 2.35. The van der Waals surface area contributed by atoms with Crippen molar-refractivity contribution in [3.63, 3.8) is 0 Å². The van der Waals surface area contributed by atoms with Crippen molar-refractivity contribution in [1.82, 2.24) is 14.8 Å². The molecule has 20 heavy (non-hydrogen) atoms. The average molecular weight is 285 g/mol. The maximum atomic E-state index is 6.39. The Bertz CT molecular complexity index is 750. The molecular weight excluding hydrogens is 272 g/mol. The highest BCUT2D eigenvalue weighted by molar-refractivity contribution is 6.33. The van der Waals surface area contributed by atoms with Gasteiger partial charge in [0.25, 0.3) is 0 Å². The van der Waals surface area contributed by atoms with Crippen LogP contribution in [0.2, 0.25) is 5.02 Å². The quantitative estimate of drug-likeness (QED) is 0.734. The Morgan fingerprint density at radius 3 is 2.60 bits per heavy atom. The molecule has 0 radical (unpaired) electrons. The van der Waals surface area contributed by atoms with Gasteiger partial charge in [-0.3, -0.25) is 9.67 Å². The molecule has 0 aliphatic rings.